The number of hydrogen-bond acceptors (Lipinski definition) is 5. The molecule has 0 saturated carbocycles. The zero-order valence-corrected chi connectivity index (χ0v) is 15.3. The molecule has 0 unspecified atom stereocenters. The Hall–Kier alpha value is -3.26. The molecule has 4 rings (SSSR count). The van der Waals surface area contributed by atoms with Crippen molar-refractivity contribution in [3.05, 3.63) is 77.1 Å². The molecule has 2 aromatic heterocycles. The lowest BCUT2D eigenvalue weighted by molar-refractivity contribution is 0.522. The standard InChI is InChI=1S/C19H16FN5OS/c1-13-17(11-22-25(13)16-5-3-2-4-6-16)18-23-24(19(27)26-18)12-21-15-9-7-14(20)8-10-15/h2-11,21H,12H2,1H3. The topological polar surface area (TPSA) is 60.8 Å². The average molecular weight is 381 g/mol. The molecule has 1 N–H and O–H groups in total. The lowest BCUT2D eigenvalue weighted by Crippen LogP contribution is -2.09. The maximum Gasteiger partial charge on any atom is 0.289 e. The maximum atomic E-state index is 13.0. The van der Waals surface area contributed by atoms with Gasteiger partial charge in [0.05, 0.1) is 23.1 Å². The van der Waals surface area contributed by atoms with Crippen LogP contribution in [0.4, 0.5) is 10.1 Å². The van der Waals surface area contributed by atoms with Gasteiger partial charge in [-0.05, 0) is 55.5 Å². The second-order valence-corrected chi connectivity index (χ2v) is 6.25. The molecule has 4 aromatic rings. The Kier molecular flexibility index (Phi) is 4.55. The van der Waals surface area contributed by atoms with E-state index in [4.69, 9.17) is 16.6 Å². The predicted molar refractivity (Wildman–Crippen MR) is 103 cm³/mol. The molecule has 2 heterocycles. The Morgan fingerprint density at radius 3 is 2.59 bits per heavy atom. The summed E-state index contributed by atoms with van der Waals surface area (Å²) in [5.41, 5.74) is 3.38. The first-order chi connectivity index (χ1) is 13.1. The fourth-order valence-electron chi connectivity index (χ4n) is 2.70. The van der Waals surface area contributed by atoms with Crippen LogP contribution >= 0.6 is 12.2 Å². The Morgan fingerprint density at radius 1 is 1.11 bits per heavy atom. The molecule has 0 fully saturated rings. The first-order valence-electron chi connectivity index (χ1n) is 8.29. The summed E-state index contributed by atoms with van der Waals surface area (Å²) in [6.07, 6.45) is 1.71. The maximum absolute atomic E-state index is 13.0. The van der Waals surface area contributed by atoms with Gasteiger partial charge in [-0.15, -0.1) is 5.10 Å². The second-order valence-electron chi connectivity index (χ2n) is 5.91. The van der Waals surface area contributed by atoms with E-state index >= 15 is 0 Å². The van der Waals surface area contributed by atoms with E-state index in [0.717, 1.165) is 22.6 Å². The minimum Gasteiger partial charge on any atom is -0.409 e. The summed E-state index contributed by atoms with van der Waals surface area (Å²) in [6, 6.07) is 15.9. The highest BCUT2D eigenvalue weighted by molar-refractivity contribution is 7.71. The number of aromatic nitrogens is 4. The van der Waals surface area contributed by atoms with E-state index in [2.05, 4.69) is 15.5 Å². The normalized spacial score (nSPS) is 10.9. The lowest BCUT2D eigenvalue weighted by atomic mass is 10.2. The van der Waals surface area contributed by atoms with E-state index in [-0.39, 0.29) is 10.7 Å². The van der Waals surface area contributed by atoms with Crippen molar-refractivity contribution < 1.29 is 8.81 Å². The fourth-order valence-corrected chi connectivity index (χ4v) is 2.88. The predicted octanol–water partition coefficient (Wildman–Crippen LogP) is 4.58. The third kappa shape index (κ3) is 3.52. The third-order valence-electron chi connectivity index (χ3n) is 4.12. The summed E-state index contributed by atoms with van der Waals surface area (Å²) in [4.78, 5) is 0.242. The highest BCUT2D eigenvalue weighted by Crippen LogP contribution is 2.24. The first-order valence-corrected chi connectivity index (χ1v) is 8.70. The summed E-state index contributed by atoms with van der Waals surface area (Å²) in [5.74, 6) is 0.118. The van der Waals surface area contributed by atoms with E-state index in [1.165, 1.54) is 16.8 Å². The van der Waals surface area contributed by atoms with Crippen LogP contribution in [0.2, 0.25) is 0 Å². The Morgan fingerprint density at radius 2 is 1.85 bits per heavy atom. The van der Waals surface area contributed by atoms with Gasteiger partial charge in [0.25, 0.3) is 4.84 Å². The van der Waals surface area contributed by atoms with E-state index in [0.29, 0.717) is 12.6 Å². The van der Waals surface area contributed by atoms with Gasteiger partial charge in [-0.1, -0.05) is 18.2 Å². The van der Waals surface area contributed by atoms with Gasteiger partial charge in [-0.25, -0.2) is 13.8 Å². The van der Waals surface area contributed by atoms with E-state index < -0.39 is 0 Å². The molecule has 0 atom stereocenters. The molecule has 0 aliphatic carbocycles. The van der Waals surface area contributed by atoms with Crippen LogP contribution in [0.25, 0.3) is 17.1 Å². The third-order valence-corrected chi connectivity index (χ3v) is 4.42. The molecule has 136 valence electrons. The zero-order valence-electron chi connectivity index (χ0n) is 14.5. The molecule has 0 spiro atoms. The van der Waals surface area contributed by atoms with Crippen molar-refractivity contribution in [1.82, 2.24) is 19.6 Å². The number of rotatable bonds is 5. The van der Waals surface area contributed by atoms with Crippen molar-refractivity contribution in [1.29, 1.82) is 0 Å². The van der Waals surface area contributed by atoms with Crippen LogP contribution in [0.5, 0.6) is 0 Å². The summed E-state index contributed by atoms with van der Waals surface area (Å²) in [6.45, 7) is 2.25. The van der Waals surface area contributed by atoms with Crippen molar-refractivity contribution in [2.45, 2.75) is 13.6 Å². The molecule has 0 aliphatic rings. The Labute approximate surface area is 159 Å². The quantitative estimate of drug-likeness (QED) is 0.513. The number of nitrogens with one attached hydrogen (secondary N) is 1. The molecule has 0 bridgehead atoms. The average Bonchev–Trinajstić information content (AvgIpc) is 3.24. The van der Waals surface area contributed by atoms with Crippen LogP contribution in [-0.2, 0) is 6.67 Å². The lowest BCUT2D eigenvalue weighted by Gasteiger charge is -2.05. The van der Waals surface area contributed by atoms with Crippen molar-refractivity contribution in [2.75, 3.05) is 5.32 Å². The molecule has 0 radical (unpaired) electrons. The van der Waals surface area contributed by atoms with Crippen LogP contribution in [-0.4, -0.2) is 19.6 Å². The largest absolute Gasteiger partial charge is 0.409 e. The molecule has 0 aliphatic heterocycles. The number of halogens is 1. The first kappa shape index (κ1) is 17.2. The Bertz CT molecular complexity index is 1120. The van der Waals surface area contributed by atoms with Crippen molar-refractivity contribution in [3.63, 3.8) is 0 Å². The van der Waals surface area contributed by atoms with E-state index in [1.54, 1.807) is 18.3 Å². The van der Waals surface area contributed by atoms with Crippen LogP contribution in [0.1, 0.15) is 5.69 Å². The van der Waals surface area contributed by atoms with Gasteiger partial charge in [-0.3, -0.25) is 0 Å². The molecule has 0 saturated heterocycles. The zero-order chi connectivity index (χ0) is 18.8. The summed E-state index contributed by atoms with van der Waals surface area (Å²) in [7, 11) is 0. The molecule has 27 heavy (non-hydrogen) atoms. The summed E-state index contributed by atoms with van der Waals surface area (Å²) in [5, 5.41) is 12.0. The van der Waals surface area contributed by atoms with Gasteiger partial charge in [0.1, 0.15) is 12.5 Å². The van der Waals surface area contributed by atoms with Gasteiger partial charge < -0.3 is 9.73 Å². The van der Waals surface area contributed by atoms with Crippen LogP contribution in [0.3, 0.4) is 0 Å². The van der Waals surface area contributed by atoms with Crippen LogP contribution in [0.15, 0.2) is 65.2 Å². The summed E-state index contributed by atoms with van der Waals surface area (Å²) < 4.78 is 22.0. The van der Waals surface area contributed by atoms with Crippen LogP contribution < -0.4 is 5.32 Å². The highest BCUT2D eigenvalue weighted by Gasteiger charge is 2.16. The van der Waals surface area contributed by atoms with Crippen LogP contribution in [0, 0.1) is 17.6 Å². The highest BCUT2D eigenvalue weighted by atomic mass is 32.1. The fraction of sp³-hybridized carbons (Fsp3) is 0.105. The number of anilines is 1. The van der Waals surface area contributed by atoms with Gasteiger partial charge >= 0.3 is 0 Å². The number of hydrogen-bond donors (Lipinski definition) is 1. The van der Waals surface area contributed by atoms with Gasteiger partial charge in [-0.2, -0.15) is 5.10 Å². The molecule has 0 amide bonds. The number of para-hydroxylation sites is 1. The van der Waals surface area contributed by atoms with Gasteiger partial charge in [0, 0.05) is 5.69 Å². The molecule has 2 aromatic carbocycles. The number of nitrogens with zero attached hydrogens (tertiary/aromatic N) is 4. The number of benzene rings is 2. The summed E-state index contributed by atoms with van der Waals surface area (Å²) >= 11 is 5.26. The SMILES string of the molecule is Cc1c(-c2nn(CNc3ccc(F)cc3)c(=S)o2)cnn1-c1ccccc1. The van der Waals surface area contributed by atoms with E-state index in [1.807, 2.05) is 41.9 Å². The molecular formula is C19H16FN5OS. The monoisotopic (exact) mass is 381 g/mol. The Balaban J connectivity index is 1.57. The molecular weight excluding hydrogens is 365 g/mol. The minimum absolute atomic E-state index is 0.242. The van der Waals surface area contributed by atoms with Crippen molar-refractivity contribution >= 4 is 17.9 Å². The molecule has 6 nitrogen and oxygen atoms in total. The smallest absolute Gasteiger partial charge is 0.289 e. The van der Waals surface area contributed by atoms with Crippen molar-refractivity contribution in [3.8, 4) is 17.1 Å². The van der Waals surface area contributed by atoms with E-state index in [9.17, 15) is 4.39 Å². The van der Waals surface area contributed by atoms with Crippen molar-refractivity contribution in [2.24, 2.45) is 0 Å². The molecule has 8 heteroatoms. The minimum atomic E-state index is -0.285. The van der Waals surface area contributed by atoms with Gasteiger partial charge in [0.2, 0.25) is 5.89 Å². The second kappa shape index (κ2) is 7.16. The van der Waals surface area contributed by atoms with Gasteiger partial charge in [0.15, 0.2) is 0 Å².